The van der Waals surface area contributed by atoms with Gasteiger partial charge in [0.05, 0.1) is 4.91 Å². The zero-order valence-corrected chi connectivity index (χ0v) is 20.9. The highest BCUT2D eigenvalue weighted by Crippen LogP contribution is 2.32. The third kappa shape index (κ3) is 6.51. The highest BCUT2D eigenvalue weighted by atomic mass is 32.2. The highest BCUT2D eigenvalue weighted by Gasteiger charge is 2.35. The molecule has 0 spiro atoms. The lowest BCUT2D eigenvalue weighted by molar-refractivity contribution is -0.125. The van der Waals surface area contributed by atoms with Gasteiger partial charge in [0.25, 0.3) is 17.1 Å². The monoisotopic (exact) mass is 497 g/mol. The molecule has 1 fully saturated rings. The number of nitrogens with zero attached hydrogens (tertiary/aromatic N) is 1. The minimum Gasteiger partial charge on any atom is -0.353 e. The molecule has 0 aromatic heterocycles. The van der Waals surface area contributed by atoms with Gasteiger partial charge in [0, 0.05) is 23.5 Å². The number of hydrogen-bond donors (Lipinski definition) is 2. The Morgan fingerprint density at radius 1 is 1.06 bits per heavy atom. The van der Waals surface area contributed by atoms with Crippen molar-refractivity contribution in [2.24, 2.45) is 5.92 Å². The molecule has 2 aromatic carbocycles. The SMILES string of the molecule is CSc1ccc(C=C2SC(=O)N(CCNC(=O)C(NC(=O)c3ccccc3)C(C)C)C2=O)cc1. The largest absolute Gasteiger partial charge is 0.353 e. The van der Waals surface area contributed by atoms with E-state index in [2.05, 4.69) is 10.6 Å². The van der Waals surface area contributed by atoms with Crippen LogP contribution in [0.1, 0.15) is 29.8 Å². The maximum absolute atomic E-state index is 12.7. The lowest BCUT2D eigenvalue weighted by Crippen LogP contribution is -2.51. The van der Waals surface area contributed by atoms with Gasteiger partial charge in [-0.2, -0.15) is 0 Å². The van der Waals surface area contributed by atoms with Gasteiger partial charge in [0.2, 0.25) is 5.91 Å². The fourth-order valence-electron chi connectivity index (χ4n) is 3.29. The fourth-order valence-corrected chi connectivity index (χ4v) is 4.57. The predicted octanol–water partition coefficient (Wildman–Crippen LogP) is 4.02. The summed E-state index contributed by atoms with van der Waals surface area (Å²) < 4.78 is 0. The van der Waals surface area contributed by atoms with Crippen LogP contribution in [0.3, 0.4) is 0 Å². The Bertz CT molecular complexity index is 1090. The van der Waals surface area contributed by atoms with Crippen LogP contribution >= 0.6 is 23.5 Å². The summed E-state index contributed by atoms with van der Waals surface area (Å²) in [5.41, 5.74) is 1.30. The summed E-state index contributed by atoms with van der Waals surface area (Å²) in [6.45, 7) is 3.82. The molecule has 2 aromatic rings. The van der Waals surface area contributed by atoms with E-state index in [4.69, 9.17) is 0 Å². The number of rotatable bonds is 9. The van der Waals surface area contributed by atoms with E-state index in [-0.39, 0.29) is 42.0 Å². The van der Waals surface area contributed by atoms with E-state index in [1.165, 1.54) is 0 Å². The maximum Gasteiger partial charge on any atom is 0.293 e. The van der Waals surface area contributed by atoms with Crippen molar-refractivity contribution in [1.82, 2.24) is 15.5 Å². The Labute approximate surface area is 207 Å². The Kier molecular flexibility index (Phi) is 8.95. The van der Waals surface area contributed by atoms with Crippen molar-refractivity contribution in [2.75, 3.05) is 19.3 Å². The molecule has 1 saturated heterocycles. The van der Waals surface area contributed by atoms with E-state index < -0.39 is 6.04 Å². The minimum atomic E-state index is -0.744. The number of nitrogens with one attached hydrogen (secondary N) is 2. The number of thioether (sulfide) groups is 2. The molecule has 2 N–H and O–H groups in total. The fraction of sp³-hybridized carbons (Fsp3) is 0.280. The molecule has 0 aliphatic carbocycles. The van der Waals surface area contributed by atoms with Crippen molar-refractivity contribution in [3.63, 3.8) is 0 Å². The third-order valence-corrected chi connectivity index (χ3v) is 6.84. The molecule has 3 rings (SSSR count). The van der Waals surface area contributed by atoms with Gasteiger partial charge in [-0.15, -0.1) is 11.8 Å². The number of hydrogen-bond acceptors (Lipinski definition) is 6. The number of benzene rings is 2. The van der Waals surface area contributed by atoms with Crippen LogP contribution in [0.4, 0.5) is 4.79 Å². The zero-order valence-electron chi connectivity index (χ0n) is 19.2. The second-order valence-corrected chi connectivity index (χ2v) is 9.83. The Morgan fingerprint density at radius 3 is 2.35 bits per heavy atom. The molecule has 0 radical (unpaired) electrons. The second-order valence-electron chi connectivity index (χ2n) is 7.96. The van der Waals surface area contributed by atoms with Crippen LogP contribution in [-0.2, 0) is 9.59 Å². The van der Waals surface area contributed by atoms with Gasteiger partial charge < -0.3 is 10.6 Å². The lowest BCUT2D eigenvalue weighted by Gasteiger charge is -2.22. The second kappa shape index (κ2) is 11.9. The third-order valence-electron chi connectivity index (χ3n) is 5.19. The van der Waals surface area contributed by atoms with Gasteiger partial charge in [-0.25, -0.2) is 0 Å². The van der Waals surface area contributed by atoms with Gasteiger partial charge in [0.1, 0.15) is 6.04 Å². The Morgan fingerprint density at radius 2 is 1.74 bits per heavy atom. The number of carbonyl (C=O) groups is 4. The van der Waals surface area contributed by atoms with E-state index in [1.807, 2.05) is 50.4 Å². The zero-order chi connectivity index (χ0) is 24.7. The van der Waals surface area contributed by atoms with Crippen molar-refractivity contribution in [3.05, 3.63) is 70.6 Å². The first-order valence-corrected chi connectivity index (χ1v) is 12.9. The first kappa shape index (κ1) is 25.6. The number of imide groups is 1. The summed E-state index contributed by atoms with van der Waals surface area (Å²) in [6, 6.07) is 15.6. The molecular weight excluding hydrogens is 470 g/mol. The predicted molar refractivity (Wildman–Crippen MR) is 136 cm³/mol. The lowest BCUT2D eigenvalue weighted by atomic mass is 10.0. The van der Waals surface area contributed by atoms with Gasteiger partial charge >= 0.3 is 0 Å². The minimum absolute atomic E-state index is 0.0522. The molecule has 1 atom stereocenters. The molecule has 0 bridgehead atoms. The topological polar surface area (TPSA) is 95.6 Å². The molecular formula is C25H27N3O4S2. The van der Waals surface area contributed by atoms with Crippen LogP contribution in [0.15, 0.2) is 64.4 Å². The molecule has 178 valence electrons. The van der Waals surface area contributed by atoms with Gasteiger partial charge in [-0.3, -0.25) is 24.1 Å². The summed E-state index contributed by atoms with van der Waals surface area (Å²) in [4.78, 5) is 52.8. The Balaban J connectivity index is 1.56. The Hall–Kier alpha value is -3.04. The van der Waals surface area contributed by atoms with Crippen molar-refractivity contribution >= 4 is 52.6 Å². The first-order valence-electron chi connectivity index (χ1n) is 10.8. The number of carbonyl (C=O) groups excluding carboxylic acids is 4. The molecule has 7 nitrogen and oxygen atoms in total. The molecule has 1 unspecified atom stereocenters. The average molecular weight is 498 g/mol. The van der Waals surface area contributed by atoms with Gasteiger partial charge in [-0.1, -0.05) is 44.2 Å². The van der Waals surface area contributed by atoms with E-state index in [0.717, 1.165) is 27.1 Å². The van der Waals surface area contributed by atoms with E-state index in [0.29, 0.717) is 10.5 Å². The van der Waals surface area contributed by atoms with E-state index in [1.54, 1.807) is 42.1 Å². The summed E-state index contributed by atoms with van der Waals surface area (Å²) in [6.07, 6.45) is 3.68. The summed E-state index contributed by atoms with van der Waals surface area (Å²) in [7, 11) is 0. The van der Waals surface area contributed by atoms with Crippen LogP contribution < -0.4 is 10.6 Å². The van der Waals surface area contributed by atoms with Crippen molar-refractivity contribution in [3.8, 4) is 0 Å². The van der Waals surface area contributed by atoms with Crippen LogP contribution in [-0.4, -0.2) is 53.2 Å². The van der Waals surface area contributed by atoms with Gasteiger partial charge in [-0.05, 0) is 59.8 Å². The van der Waals surface area contributed by atoms with Crippen LogP contribution in [0, 0.1) is 5.92 Å². The summed E-state index contributed by atoms with van der Waals surface area (Å²) in [5.74, 6) is -1.23. The molecule has 9 heteroatoms. The maximum atomic E-state index is 12.7. The van der Waals surface area contributed by atoms with Crippen molar-refractivity contribution in [1.29, 1.82) is 0 Å². The standard InChI is InChI=1S/C25H27N3O4S2/c1-16(2)21(27-22(29)18-7-5-4-6-8-18)23(30)26-13-14-28-24(31)20(34-25(28)32)15-17-9-11-19(33-3)12-10-17/h4-12,15-16,21H,13-14H2,1-3H3,(H,26,30)(H,27,29). The van der Waals surface area contributed by atoms with Crippen molar-refractivity contribution < 1.29 is 19.2 Å². The molecule has 4 amide bonds. The average Bonchev–Trinajstić information content (AvgIpc) is 3.10. The van der Waals surface area contributed by atoms with Crippen LogP contribution in [0.25, 0.3) is 6.08 Å². The highest BCUT2D eigenvalue weighted by molar-refractivity contribution is 8.18. The molecule has 1 aliphatic heterocycles. The number of amides is 4. The quantitative estimate of drug-likeness (QED) is 0.401. The molecule has 1 aliphatic rings. The summed E-state index contributed by atoms with van der Waals surface area (Å²) in [5, 5.41) is 5.12. The molecule has 34 heavy (non-hydrogen) atoms. The normalized spacial score (nSPS) is 15.6. The van der Waals surface area contributed by atoms with Crippen LogP contribution in [0.2, 0.25) is 0 Å². The van der Waals surface area contributed by atoms with Crippen LogP contribution in [0.5, 0.6) is 0 Å². The van der Waals surface area contributed by atoms with Gasteiger partial charge in [0.15, 0.2) is 0 Å². The van der Waals surface area contributed by atoms with E-state index >= 15 is 0 Å². The summed E-state index contributed by atoms with van der Waals surface area (Å²) >= 11 is 2.51. The molecule has 1 heterocycles. The smallest absolute Gasteiger partial charge is 0.293 e. The van der Waals surface area contributed by atoms with Crippen molar-refractivity contribution in [2.45, 2.75) is 24.8 Å². The van der Waals surface area contributed by atoms with E-state index in [9.17, 15) is 19.2 Å². The molecule has 0 saturated carbocycles. The first-order chi connectivity index (χ1) is 16.3.